The SMILES string of the molecule is CP(=O)(O)CCCCCCCCCC(=O)NCP1(=O)OCCO1. The van der Waals surface area contributed by atoms with Crippen molar-refractivity contribution in [1.82, 2.24) is 5.32 Å². The number of nitrogens with one attached hydrogen (secondary N) is 1. The van der Waals surface area contributed by atoms with Crippen molar-refractivity contribution in [3.63, 3.8) is 0 Å². The van der Waals surface area contributed by atoms with Crippen molar-refractivity contribution in [2.24, 2.45) is 0 Å². The molecule has 9 heteroatoms. The van der Waals surface area contributed by atoms with Crippen LogP contribution in [0, 0.1) is 0 Å². The highest BCUT2D eigenvalue weighted by atomic mass is 31.2. The van der Waals surface area contributed by atoms with Crippen LogP contribution in [0.4, 0.5) is 0 Å². The third-order valence-electron chi connectivity index (χ3n) is 3.61. The van der Waals surface area contributed by atoms with E-state index in [2.05, 4.69) is 5.32 Å². The first-order valence-corrected chi connectivity index (χ1v) is 12.3. The molecule has 0 aliphatic carbocycles. The number of rotatable bonds is 12. The second-order valence-corrected chi connectivity index (χ2v) is 10.6. The Hall–Kier alpha value is -0.190. The number of hydrogen-bond acceptors (Lipinski definition) is 5. The summed E-state index contributed by atoms with van der Waals surface area (Å²) >= 11 is 0. The van der Waals surface area contributed by atoms with Gasteiger partial charge in [0.15, 0.2) is 7.37 Å². The molecule has 1 rings (SSSR count). The summed E-state index contributed by atoms with van der Waals surface area (Å²) < 4.78 is 32.9. The van der Waals surface area contributed by atoms with Crippen LogP contribution in [0.5, 0.6) is 0 Å². The molecule has 1 aliphatic rings. The van der Waals surface area contributed by atoms with Crippen LogP contribution in [0.1, 0.15) is 51.4 Å². The third-order valence-corrected chi connectivity index (χ3v) is 6.45. The molecule has 2 N–H and O–H groups in total. The minimum atomic E-state index is -3.07. The van der Waals surface area contributed by atoms with Crippen LogP contribution in [-0.4, -0.2) is 43.1 Å². The van der Waals surface area contributed by atoms with E-state index in [0.29, 0.717) is 25.8 Å². The molecule has 1 amide bonds. The van der Waals surface area contributed by atoms with Gasteiger partial charge in [-0.15, -0.1) is 0 Å². The van der Waals surface area contributed by atoms with E-state index in [9.17, 15) is 13.9 Å². The van der Waals surface area contributed by atoms with Gasteiger partial charge in [-0.25, -0.2) is 0 Å². The quantitative estimate of drug-likeness (QED) is 0.404. The molecule has 0 bridgehead atoms. The molecule has 0 aromatic heterocycles. The van der Waals surface area contributed by atoms with Crippen LogP contribution in [0.25, 0.3) is 0 Å². The molecule has 1 atom stereocenters. The van der Waals surface area contributed by atoms with Gasteiger partial charge in [-0.3, -0.25) is 13.9 Å². The molecule has 7 nitrogen and oxygen atoms in total. The van der Waals surface area contributed by atoms with Gasteiger partial charge in [0.05, 0.1) is 13.2 Å². The average Bonchev–Trinajstić information content (AvgIpc) is 2.89. The monoisotopic (exact) mass is 369 g/mol. The van der Waals surface area contributed by atoms with Crippen LogP contribution in [-0.2, 0) is 23.0 Å². The summed E-state index contributed by atoms with van der Waals surface area (Å²) in [5.74, 6) is -0.124. The minimum absolute atomic E-state index is 0.0437. The number of carbonyl (C=O) groups excluding carboxylic acids is 1. The van der Waals surface area contributed by atoms with Crippen molar-refractivity contribution >= 4 is 20.9 Å². The fourth-order valence-electron chi connectivity index (χ4n) is 2.33. The summed E-state index contributed by atoms with van der Waals surface area (Å²) in [5.41, 5.74) is 0. The molecule has 1 heterocycles. The highest BCUT2D eigenvalue weighted by Gasteiger charge is 2.30. The van der Waals surface area contributed by atoms with E-state index in [-0.39, 0.29) is 12.2 Å². The molecular weight excluding hydrogens is 340 g/mol. The Labute approximate surface area is 138 Å². The first kappa shape index (κ1) is 20.9. The second-order valence-electron chi connectivity index (χ2n) is 6.03. The summed E-state index contributed by atoms with van der Waals surface area (Å²) in [6.07, 6.45) is 7.54. The molecule has 0 radical (unpaired) electrons. The topological polar surface area (TPSA) is 102 Å². The lowest BCUT2D eigenvalue weighted by Gasteiger charge is -2.10. The zero-order valence-corrected chi connectivity index (χ0v) is 15.7. The van der Waals surface area contributed by atoms with E-state index < -0.39 is 15.0 Å². The summed E-state index contributed by atoms with van der Waals surface area (Å²) in [5, 5.41) is 2.60. The average molecular weight is 369 g/mol. The molecule has 1 aliphatic heterocycles. The lowest BCUT2D eigenvalue weighted by atomic mass is 10.1. The maximum atomic E-state index is 11.8. The molecule has 1 unspecified atom stereocenters. The van der Waals surface area contributed by atoms with Crippen LogP contribution in [0.15, 0.2) is 0 Å². The van der Waals surface area contributed by atoms with Crippen LogP contribution in [0.3, 0.4) is 0 Å². The predicted octanol–water partition coefficient (Wildman–Crippen LogP) is 3.32. The van der Waals surface area contributed by atoms with Crippen molar-refractivity contribution in [3.05, 3.63) is 0 Å². The van der Waals surface area contributed by atoms with Crippen molar-refractivity contribution in [2.45, 2.75) is 51.4 Å². The van der Waals surface area contributed by atoms with E-state index >= 15 is 0 Å². The lowest BCUT2D eigenvalue weighted by molar-refractivity contribution is -0.120. The molecule has 1 fully saturated rings. The van der Waals surface area contributed by atoms with Crippen LogP contribution < -0.4 is 5.32 Å². The zero-order chi connectivity index (χ0) is 17.2. The smallest absolute Gasteiger partial charge is 0.344 e. The fraction of sp³-hybridized carbons (Fsp3) is 0.929. The largest absolute Gasteiger partial charge is 0.349 e. The van der Waals surface area contributed by atoms with E-state index in [4.69, 9.17) is 13.9 Å². The van der Waals surface area contributed by atoms with E-state index in [1.54, 1.807) is 0 Å². The van der Waals surface area contributed by atoms with Crippen molar-refractivity contribution in [1.29, 1.82) is 0 Å². The highest BCUT2D eigenvalue weighted by Crippen LogP contribution is 2.50. The standard InChI is InChI=1S/C14H29NO6P2/c1-22(17,18)12-8-6-4-2-3-5-7-9-14(16)15-13-23(19)20-10-11-21-23/h2-13H2,1H3,(H,15,16)(H,17,18). The fourth-order valence-corrected chi connectivity index (χ4v) is 4.47. The Morgan fingerprint density at radius 2 is 1.61 bits per heavy atom. The summed E-state index contributed by atoms with van der Waals surface area (Å²) in [6, 6.07) is 0. The first-order chi connectivity index (χ1) is 10.8. The van der Waals surface area contributed by atoms with Gasteiger partial charge in [0.2, 0.25) is 5.91 Å². The van der Waals surface area contributed by atoms with Crippen LogP contribution in [0.2, 0.25) is 0 Å². The molecular formula is C14H29NO6P2. The van der Waals surface area contributed by atoms with Gasteiger partial charge in [0, 0.05) is 19.2 Å². The molecule has 0 saturated carbocycles. The molecule has 1 saturated heterocycles. The number of hydrogen-bond donors (Lipinski definition) is 2. The first-order valence-electron chi connectivity index (χ1n) is 8.25. The normalized spacial score (nSPS) is 19.4. The zero-order valence-electron chi connectivity index (χ0n) is 13.9. The van der Waals surface area contributed by atoms with E-state index in [1.165, 1.54) is 6.66 Å². The van der Waals surface area contributed by atoms with Crippen LogP contribution >= 0.6 is 15.0 Å². The molecule has 0 spiro atoms. The van der Waals surface area contributed by atoms with Crippen molar-refractivity contribution < 1.29 is 27.9 Å². The second kappa shape index (κ2) is 10.6. The van der Waals surface area contributed by atoms with E-state index in [1.807, 2.05) is 0 Å². The summed E-state index contributed by atoms with van der Waals surface area (Å²) in [7, 11) is -5.91. The summed E-state index contributed by atoms with van der Waals surface area (Å²) in [4.78, 5) is 20.8. The maximum absolute atomic E-state index is 11.8. The lowest BCUT2D eigenvalue weighted by Crippen LogP contribution is -2.24. The maximum Gasteiger partial charge on any atom is 0.349 e. The van der Waals surface area contributed by atoms with Gasteiger partial charge in [-0.1, -0.05) is 32.1 Å². The molecule has 0 aromatic carbocycles. The van der Waals surface area contributed by atoms with Gasteiger partial charge in [-0.05, 0) is 12.8 Å². The number of amides is 1. The molecule has 23 heavy (non-hydrogen) atoms. The highest BCUT2D eigenvalue weighted by molar-refractivity contribution is 7.57. The predicted molar refractivity (Wildman–Crippen MR) is 90.1 cm³/mol. The van der Waals surface area contributed by atoms with Gasteiger partial charge in [0.25, 0.3) is 0 Å². The van der Waals surface area contributed by atoms with Gasteiger partial charge in [-0.2, -0.15) is 0 Å². The number of unbranched alkanes of at least 4 members (excludes halogenated alkanes) is 6. The number of carbonyl (C=O) groups is 1. The Balaban J connectivity index is 1.89. The van der Waals surface area contributed by atoms with Crippen molar-refractivity contribution in [2.75, 3.05) is 32.3 Å². The van der Waals surface area contributed by atoms with E-state index in [0.717, 1.165) is 44.9 Å². The summed E-state index contributed by atoms with van der Waals surface area (Å²) in [6.45, 7) is 2.04. The van der Waals surface area contributed by atoms with Gasteiger partial charge in [0.1, 0.15) is 6.29 Å². The third kappa shape index (κ3) is 11.1. The van der Waals surface area contributed by atoms with Gasteiger partial charge < -0.3 is 19.3 Å². The Morgan fingerprint density at radius 3 is 2.17 bits per heavy atom. The Bertz CT molecular complexity index is 441. The minimum Gasteiger partial charge on any atom is -0.344 e. The molecule has 0 aromatic rings. The Kier molecular flexibility index (Phi) is 9.64. The van der Waals surface area contributed by atoms with Gasteiger partial charge >= 0.3 is 7.60 Å². The Morgan fingerprint density at radius 1 is 1.09 bits per heavy atom. The molecule has 136 valence electrons. The van der Waals surface area contributed by atoms with Crippen molar-refractivity contribution in [3.8, 4) is 0 Å².